The highest BCUT2D eigenvalue weighted by molar-refractivity contribution is 7.99. The van der Waals surface area contributed by atoms with Crippen LogP contribution in [0.3, 0.4) is 0 Å². The van der Waals surface area contributed by atoms with E-state index in [0.717, 1.165) is 22.0 Å². The molecule has 3 rings (SSSR count). The van der Waals surface area contributed by atoms with Gasteiger partial charge in [0.25, 0.3) is 0 Å². The Morgan fingerprint density at radius 2 is 1.93 bits per heavy atom. The van der Waals surface area contributed by atoms with Gasteiger partial charge in [-0.3, -0.25) is 14.9 Å². The first-order chi connectivity index (χ1) is 13.1. The lowest BCUT2D eigenvalue weighted by atomic mass is 10.1. The van der Waals surface area contributed by atoms with Crippen molar-refractivity contribution in [3.63, 3.8) is 0 Å². The summed E-state index contributed by atoms with van der Waals surface area (Å²) in [6.45, 7) is 0. The van der Waals surface area contributed by atoms with E-state index in [1.54, 1.807) is 12.1 Å². The number of carbonyl (C=O) groups is 1. The molecule has 6 nitrogen and oxygen atoms in total. The van der Waals surface area contributed by atoms with Crippen LogP contribution in [0.2, 0.25) is 0 Å². The fourth-order valence-corrected chi connectivity index (χ4v) is 3.53. The summed E-state index contributed by atoms with van der Waals surface area (Å²) >= 11 is 1.40. The number of nitro benzene ring substituents is 1. The van der Waals surface area contributed by atoms with Gasteiger partial charge in [0.2, 0.25) is 5.91 Å². The first kappa shape index (κ1) is 18.7. The van der Waals surface area contributed by atoms with Gasteiger partial charge in [-0.05, 0) is 23.1 Å². The van der Waals surface area contributed by atoms with E-state index < -0.39 is 4.92 Å². The molecule has 0 spiro atoms. The standard InChI is InChI=1S/C20H18N2O4S/c1-26-19-10-9-14(11-18(19)22(24)25)12-27-13-20(23)21-17-8-4-6-15-5-2-3-7-16(15)17/h2-11H,12-13H2,1H3,(H,21,23). The number of rotatable bonds is 7. The van der Waals surface area contributed by atoms with Crippen LogP contribution in [0.25, 0.3) is 10.8 Å². The molecule has 0 fully saturated rings. The third-order valence-electron chi connectivity index (χ3n) is 4.01. The van der Waals surface area contributed by atoms with Gasteiger partial charge in [0.15, 0.2) is 5.75 Å². The van der Waals surface area contributed by atoms with Gasteiger partial charge in [-0.2, -0.15) is 0 Å². The Kier molecular flexibility index (Phi) is 5.93. The van der Waals surface area contributed by atoms with E-state index in [4.69, 9.17) is 4.74 Å². The monoisotopic (exact) mass is 382 g/mol. The number of thioether (sulfide) groups is 1. The molecule has 1 N–H and O–H groups in total. The van der Waals surface area contributed by atoms with E-state index in [-0.39, 0.29) is 23.1 Å². The van der Waals surface area contributed by atoms with Crippen LogP contribution in [0.1, 0.15) is 5.56 Å². The Hall–Kier alpha value is -3.06. The van der Waals surface area contributed by atoms with Crippen molar-refractivity contribution < 1.29 is 14.5 Å². The van der Waals surface area contributed by atoms with Crippen molar-refractivity contribution in [2.75, 3.05) is 18.2 Å². The number of nitrogens with one attached hydrogen (secondary N) is 1. The smallest absolute Gasteiger partial charge is 0.311 e. The Labute approximate surface area is 160 Å². The second kappa shape index (κ2) is 8.55. The van der Waals surface area contributed by atoms with Crippen molar-refractivity contribution in [3.05, 3.63) is 76.3 Å². The molecule has 3 aromatic rings. The van der Waals surface area contributed by atoms with Gasteiger partial charge in [-0.25, -0.2) is 0 Å². The number of hydrogen-bond donors (Lipinski definition) is 1. The SMILES string of the molecule is COc1ccc(CSCC(=O)Nc2cccc3ccccc23)cc1[N+](=O)[O-]. The number of anilines is 1. The number of ether oxygens (including phenoxy) is 1. The number of fused-ring (bicyclic) bond motifs is 1. The first-order valence-corrected chi connectivity index (χ1v) is 9.40. The molecule has 7 heteroatoms. The van der Waals surface area contributed by atoms with E-state index in [0.29, 0.717) is 5.75 Å². The molecule has 138 valence electrons. The molecule has 0 aliphatic rings. The maximum atomic E-state index is 12.3. The zero-order valence-electron chi connectivity index (χ0n) is 14.7. The summed E-state index contributed by atoms with van der Waals surface area (Å²) in [5.41, 5.74) is 1.47. The average Bonchev–Trinajstić information content (AvgIpc) is 2.68. The molecule has 3 aromatic carbocycles. The van der Waals surface area contributed by atoms with Gasteiger partial charge >= 0.3 is 5.69 Å². The topological polar surface area (TPSA) is 81.5 Å². The Morgan fingerprint density at radius 3 is 2.70 bits per heavy atom. The zero-order chi connectivity index (χ0) is 19.2. The highest BCUT2D eigenvalue weighted by Gasteiger charge is 2.15. The Bertz CT molecular complexity index is 985. The van der Waals surface area contributed by atoms with E-state index >= 15 is 0 Å². The van der Waals surface area contributed by atoms with Crippen LogP contribution in [-0.4, -0.2) is 23.7 Å². The minimum absolute atomic E-state index is 0.0733. The lowest BCUT2D eigenvalue weighted by Crippen LogP contribution is -2.14. The van der Waals surface area contributed by atoms with Crippen molar-refractivity contribution in [1.29, 1.82) is 0 Å². The lowest BCUT2D eigenvalue weighted by Gasteiger charge is -2.09. The molecule has 0 aromatic heterocycles. The summed E-state index contributed by atoms with van der Waals surface area (Å²) < 4.78 is 4.99. The molecule has 0 aliphatic heterocycles. The zero-order valence-corrected chi connectivity index (χ0v) is 15.5. The summed E-state index contributed by atoms with van der Waals surface area (Å²) in [5.74, 6) is 0.860. The van der Waals surface area contributed by atoms with Gasteiger partial charge in [0.05, 0.1) is 17.8 Å². The Balaban J connectivity index is 1.60. The predicted molar refractivity (Wildman–Crippen MR) is 108 cm³/mol. The van der Waals surface area contributed by atoms with Crippen LogP contribution in [0.15, 0.2) is 60.7 Å². The summed E-state index contributed by atoms with van der Waals surface area (Å²) in [6, 6.07) is 18.4. The van der Waals surface area contributed by atoms with E-state index in [2.05, 4.69) is 5.32 Å². The number of benzene rings is 3. The number of nitrogens with zero attached hydrogens (tertiary/aromatic N) is 1. The van der Waals surface area contributed by atoms with Crippen molar-refractivity contribution in [3.8, 4) is 5.75 Å². The molecule has 0 saturated heterocycles. The summed E-state index contributed by atoms with van der Waals surface area (Å²) in [7, 11) is 1.40. The van der Waals surface area contributed by atoms with Crippen LogP contribution in [0, 0.1) is 10.1 Å². The third kappa shape index (κ3) is 4.57. The van der Waals surface area contributed by atoms with Gasteiger partial charge in [-0.15, -0.1) is 11.8 Å². The molecule has 0 bridgehead atoms. The number of amides is 1. The largest absolute Gasteiger partial charge is 0.490 e. The summed E-state index contributed by atoms with van der Waals surface area (Å²) in [6.07, 6.45) is 0. The fourth-order valence-electron chi connectivity index (χ4n) is 2.75. The highest BCUT2D eigenvalue weighted by atomic mass is 32.2. The van der Waals surface area contributed by atoms with Crippen LogP contribution in [-0.2, 0) is 10.5 Å². The van der Waals surface area contributed by atoms with Crippen LogP contribution in [0.4, 0.5) is 11.4 Å². The molecule has 27 heavy (non-hydrogen) atoms. The second-order valence-electron chi connectivity index (χ2n) is 5.83. The molecule has 0 unspecified atom stereocenters. The molecule has 0 saturated carbocycles. The van der Waals surface area contributed by atoms with Crippen molar-refractivity contribution in [2.45, 2.75) is 5.75 Å². The van der Waals surface area contributed by atoms with Crippen molar-refractivity contribution in [1.82, 2.24) is 0 Å². The molecule has 0 atom stereocenters. The molecular formula is C20H18N2O4S. The van der Waals surface area contributed by atoms with Gasteiger partial charge < -0.3 is 10.1 Å². The number of methoxy groups -OCH3 is 1. The van der Waals surface area contributed by atoms with Gasteiger partial charge in [-0.1, -0.05) is 42.5 Å². The molecule has 0 radical (unpaired) electrons. The second-order valence-corrected chi connectivity index (χ2v) is 6.82. The van der Waals surface area contributed by atoms with Crippen molar-refractivity contribution in [2.24, 2.45) is 0 Å². The quantitative estimate of drug-likeness (QED) is 0.476. The van der Waals surface area contributed by atoms with Gasteiger partial charge in [0.1, 0.15) is 0 Å². The van der Waals surface area contributed by atoms with E-state index in [1.807, 2.05) is 42.5 Å². The number of carbonyl (C=O) groups excluding carboxylic acids is 1. The highest BCUT2D eigenvalue weighted by Crippen LogP contribution is 2.29. The number of hydrogen-bond acceptors (Lipinski definition) is 5. The fraction of sp³-hybridized carbons (Fsp3) is 0.150. The maximum absolute atomic E-state index is 12.3. The number of nitro groups is 1. The van der Waals surface area contributed by atoms with Crippen LogP contribution >= 0.6 is 11.8 Å². The maximum Gasteiger partial charge on any atom is 0.311 e. The Morgan fingerprint density at radius 1 is 1.15 bits per heavy atom. The first-order valence-electron chi connectivity index (χ1n) is 8.25. The van der Waals surface area contributed by atoms with Crippen LogP contribution in [0.5, 0.6) is 5.75 Å². The van der Waals surface area contributed by atoms with Crippen LogP contribution < -0.4 is 10.1 Å². The molecular weight excluding hydrogens is 364 g/mol. The van der Waals surface area contributed by atoms with E-state index in [9.17, 15) is 14.9 Å². The average molecular weight is 382 g/mol. The minimum Gasteiger partial charge on any atom is -0.490 e. The normalized spacial score (nSPS) is 10.6. The molecule has 0 heterocycles. The van der Waals surface area contributed by atoms with E-state index in [1.165, 1.54) is 24.9 Å². The van der Waals surface area contributed by atoms with Crippen molar-refractivity contribution >= 4 is 39.8 Å². The third-order valence-corrected chi connectivity index (χ3v) is 5.01. The van der Waals surface area contributed by atoms with Gasteiger partial charge in [0, 0.05) is 22.9 Å². The summed E-state index contributed by atoms with van der Waals surface area (Å²) in [5, 5.41) is 16.1. The minimum atomic E-state index is -0.472. The predicted octanol–water partition coefficient (Wildman–Crippen LogP) is 4.63. The summed E-state index contributed by atoms with van der Waals surface area (Å²) in [4.78, 5) is 22.9. The molecule has 0 aliphatic carbocycles. The lowest BCUT2D eigenvalue weighted by molar-refractivity contribution is -0.385. The molecule has 1 amide bonds.